The molecule has 0 saturated heterocycles. The molecule has 0 atom stereocenters. The van der Waals surface area contributed by atoms with Gasteiger partial charge in [0.2, 0.25) is 0 Å². The molecule has 2 aliphatic rings. The van der Waals surface area contributed by atoms with Crippen molar-refractivity contribution in [3.05, 3.63) is 144 Å². The summed E-state index contributed by atoms with van der Waals surface area (Å²) in [4.78, 5) is 0. The summed E-state index contributed by atoms with van der Waals surface area (Å²) < 4.78 is 5.04. The Morgan fingerprint density at radius 1 is 0.426 bits per heavy atom. The van der Waals surface area contributed by atoms with Crippen molar-refractivity contribution in [3.8, 4) is 11.4 Å². The first-order valence-electron chi connectivity index (χ1n) is 16.4. The Bertz CT molecular complexity index is 2150. The Kier molecular flexibility index (Phi) is 9.99. The second kappa shape index (κ2) is 14.0. The number of fused-ring (bicyclic) bond motifs is 8. The smallest absolute Gasteiger partial charge is 1.00 e. The van der Waals surface area contributed by atoms with Crippen LogP contribution in [0.15, 0.2) is 121 Å². The van der Waals surface area contributed by atoms with Gasteiger partial charge in [-0.1, -0.05) is 48.5 Å². The van der Waals surface area contributed by atoms with Gasteiger partial charge in [0, 0.05) is 33.5 Å². The van der Waals surface area contributed by atoms with Crippen LogP contribution >= 0.6 is 0 Å². The summed E-state index contributed by atoms with van der Waals surface area (Å²) in [6.07, 6.45) is 10.1. The molecule has 8 aromatic rings. The number of benzene rings is 4. The summed E-state index contributed by atoms with van der Waals surface area (Å²) in [5.41, 5.74) is 11.6. The van der Waals surface area contributed by atoms with E-state index in [4.69, 9.17) is 0 Å². The van der Waals surface area contributed by atoms with Crippen molar-refractivity contribution < 1.29 is 50.7 Å². The van der Waals surface area contributed by atoms with Gasteiger partial charge in [-0.3, -0.25) is 0 Å². The van der Waals surface area contributed by atoms with Crippen molar-refractivity contribution in [2.75, 3.05) is 0 Å². The van der Waals surface area contributed by atoms with Crippen molar-refractivity contribution in [3.63, 3.8) is 0 Å². The Morgan fingerprint density at radius 2 is 0.851 bits per heavy atom. The minimum atomic E-state index is 0. The van der Waals surface area contributed by atoms with E-state index in [2.05, 4.69) is 130 Å². The first-order valence-corrected chi connectivity index (χ1v) is 16.4. The third-order valence-corrected chi connectivity index (χ3v) is 10.2. The molecule has 232 valence electrons. The van der Waals surface area contributed by atoms with Crippen LogP contribution in [0, 0.1) is 0 Å². The molecule has 0 spiro atoms. The van der Waals surface area contributed by atoms with Crippen molar-refractivity contribution >= 4 is 43.4 Å². The van der Waals surface area contributed by atoms with Gasteiger partial charge in [-0.15, -0.1) is 57.9 Å². The average molecular weight is 818 g/mol. The molecule has 2 heterocycles. The molecule has 0 aliphatic heterocycles. The van der Waals surface area contributed by atoms with E-state index in [0.717, 1.165) is 0 Å². The number of aryl methyl sites for hydroxylation is 2. The van der Waals surface area contributed by atoms with Gasteiger partial charge in [0.15, 0.2) is 0 Å². The summed E-state index contributed by atoms with van der Waals surface area (Å²) in [6, 6.07) is 44.3. The molecular formula is C42H36Cl2HfN2. The van der Waals surface area contributed by atoms with Gasteiger partial charge in [0.05, 0.1) is 11.0 Å². The second-order valence-corrected chi connectivity index (χ2v) is 12.6. The van der Waals surface area contributed by atoms with Crippen LogP contribution in [0.5, 0.6) is 0 Å². The molecule has 2 aromatic heterocycles. The predicted octanol–water partition coefficient (Wildman–Crippen LogP) is 4.77. The Balaban J connectivity index is 0.000000155. The van der Waals surface area contributed by atoms with E-state index in [9.17, 15) is 0 Å². The fraction of sp³-hybridized carbons (Fsp3) is 0.190. The van der Waals surface area contributed by atoms with Crippen LogP contribution in [-0.2, 0) is 51.5 Å². The molecule has 0 amide bonds. The number of hydrogen-bond acceptors (Lipinski definition) is 0. The van der Waals surface area contributed by atoms with Crippen LogP contribution in [0.2, 0.25) is 0 Å². The molecule has 10 rings (SSSR count). The van der Waals surface area contributed by atoms with Crippen molar-refractivity contribution in [1.29, 1.82) is 0 Å². The molecule has 6 aromatic carbocycles. The van der Waals surface area contributed by atoms with E-state index < -0.39 is 0 Å². The van der Waals surface area contributed by atoms with Gasteiger partial charge in [-0.2, -0.15) is 24.3 Å². The number of halogens is 2. The Morgan fingerprint density at radius 3 is 1.32 bits per heavy atom. The minimum absolute atomic E-state index is 0. The standard InChI is InChI=1S/2C21H18N.2ClH.Hf/c2*1-3-12-20-17(9-1)18-10-2-4-13-21(18)22(20)19-14-6-8-15-7-5-11-16(15)19;;;/h2*1,3,5-9,11-12,14H,2,4,10,13H2;2*1H;/q2*-1;;;+4/p-2. The topological polar surface area (TPSA) is 9.86 Å². The molecule has 2 aliphatic carbocycles. The maximum Gasteiger partial charge on any atom is 4.00 e. The fourth-order valence-electron chi connectivity index (χ4n) is 8.22. The maximum absolute atomic E-state index is 2.52. The quantitative estimate of drug-likeness (QED) is 0.176. The number of hydrogen-bond donors (Lipinski definition) is 0. The molecule has 0 fully saturated rings. The number of nitrogens with zero attached hydrogens (tertiary/aromatic N) is 2. The van der Waals surface area contributed by atoms with Crippen LogP contribution in [0.3, 0.4) is 0 Å². The normalized spacial score (nSPS) is 13.6. The number of para-hydroxylation sites is 2. The molecule has 0 radical (unpaired) electrons. The van der Waals surface area contributed by atoms with Gasteiger partial charge in [0.1, 0.15) is 0 Å². The van der Waals surface area contributed by atoms with Gasteiger partial charge in [0.25, 0.3) is 0 Å². The van der Waals surface area contributed by atoms with Gasteiger partial charge in [-0.25, -0.2) is 0 Å². The zero-order valence-corrected chi connectivity index (χ0v) is 31.5. The number of aromatic nitrogens is 2. The summed E-state index contributed by atoms with van der Waals surface area (Å²) in [5, 5.41) is 8.27. The van der Waals surface area contributed by atoms with E-state index in [1.807, 2.05) is 0 Å². The molecule has 0 unspecified atom stereocenters. The zero-order valence-electron chi connectivity index (χ0n) is 26.4. The molecule has 2 nitrogen and oxygen atoms in total. The largest absolute Gasteiger partial charge is 4.00 e. The SMILES string of the molecule is [Cl-].[Cl-].[Hf+4].c1cc(-n2c3c(c4ccccc42)CCCC3)c2cc[cH-]c2c1.c1cc(-n2c3c(c4ccccc42)CCCC3)c2cc[cH-]c2c1. The monoisotopic (exact) mass is 818 g/mol. The van der Waals surface area contributed by atoms with E-state index >= 15 is 0 Å². The van der Waals surface area contributed by atoms with Crippen molar-refractivity contribution in [2.24, 2.45) is 0 Å². The van der Waals surface area contributed by atoms with Crippen LogP contribution < -0.4 is 24.8 Å². The van der Waals surface area contributed by atoms with E-state index in [0.29, 0.717) is 0 Å². The Hall–Kier alpha value is -3.37. The van der Waals surface area contributed by atoms with Gasteiger partial charge < -0.3 is 33.9 Å². The molecular weight excluding hydrogens is 782 g/mol. The third kappa shape index (κ3) is 5.55. The van der Waals surface area contributed by atoms with Crippen LogP contribution in [0.25, 0.3) is 54.7 Å². The third-order valence-electron chi connectivity index (χ3n) is 10.2. The Labute approximate surface area is 307 Å². The molecule has 0 saturated carbocycles. The van der Waals surface area contributed by atoms with Crippen LogP contribution in [-0.4, -0.2) is 9.13 Å². The van der Waals surface area contributed by atoms with Gasteiger partial charge >= 0.3 is 25.8 Å². The summed E-state index contributed by atoms with van der Waals surface area (Å²) in [7, 11) is 0. The van der Waals surface area contributed by atoms with E-state index in [-0.39, 0.29) is 50.7 Å². The first kappa shape index (κ1) is 33.5. The van der Waals surface area contributed by atoms with Crippen LogP contribution in [0.4, 0.5) is 0 Å². The fourth-order valence-corrected chi connectivity index (χ4v) is 8.22. The predicted molar refractivity (Wildman–Crippen MR) is 186 cm³/mol. The van der Waals surface area contributed by atoms with Gasteiger partial charge in [-0.05, 0) is 74.6 Å². The number of rotatable bonds is 2. The summed E-state index contributed by atoms with van der Waals surface area (Å²) in [6.45, 7) is 0. The van der Waals surface area contributed by atoms with Crippen molar-refractivity contribution in [2.45, 2.75) is 51.4 Å². The maximum atomic E-state index is 2.52. The van der Waals surface area contributed by atoms with E-state index in [1.165, 1.54) is 117 Å². The summed E-state index contributed by atoms with van der Waals surface area (Å²) >= 11 is 0. The summed E-state index contributed by atoms with van der Waals surface area (Å²) in [5.74, 6) is 0. The average Bonchev–Trinajstić information content (AvgIpc) is 3.88. The zero-order chi connectivity index (χ0) is 29.0. The minimum Gasteiger partial charge on any atom is -1.00 e. The van der Waals surface area contributed by atoms with Crippen molar-refractivity contribution in [1.82, 2.24) is 9.13 Å². The molecule has 0 bridgehead atoms. The molecule has 0 N–H and O–H groups in total. The van der Waals surface area contributed by atoms with E-state index in [1.54, 1.807) is 11.1 Å². The molecule has 47 heavy (non-hydrogen) atoms. The molecule has 5 heteroatoms. The second-order valence-electron chi connectivity index (χ2n) is 12.6. The van der Waals surface area contributed by atoms with Crippen LogP contribution in [0.1, 0.15) is 48.2 Å². The first-order chi connectivity index (χ1) is 21.9.